The summed E-state index contributed by atoms with van der Waals surface area (Å²) in [5.41, 5.74) is 3.68. The summed E-state index contributed by atoms with van der Waals surface area (Å²) in [4.78, 5) is 18.8. The molecule has 116 valence electrons. The van der Waals surface area contributed by atoms with Gasteiger partial charge < -0.3 is 14.9 Å². The number of carbonyl (C=O) groups is 1. The number of aliphatic carboxylic acids is 1. The van der Waals surface area contributed by atoms with Crippen LogP contribution in [-0.2, 0) is 4.79 Å². The monoisotopic (exact) mass is 323 g/mol. The Kier molecular flexibility index (Phi) is 4.48. The maximum atomic E-state index is 11.0. The Balaban J connectivity index is 2.06. The van der Waals surface area contributed by atoms with Crippen LogP contribution in [0.5, 0.6) is 0 Å². The molecule has 0 bridgehead atoms. The van der Waals surface area contributed by atoms with Crippen LogP contribution in [0.1, 0.15) is 6.92 Å². The predicted molar refractivity (Wildman–Crippen MR) is 89.8 cm³/mol. The van der Waals surface area contributed by atoms with Crippen molar-refractivity contribution in [2.75, 3.05) is 0 Å². The van der Waals surface area contributed by atoms with Crippen LogP contribution in [0.3, 0.4) is 0 Å². The molecule has 5 heteroatoms. The molecule has 0 aliphatic heterocycles. The van der Waals surface area contributed by atoms with Gasteiger partial charge in [-0.1, -0.05) is 72.4 Å². The number of benzene rings is 2. The number of hydrogen-bond donors (Lipinski definition) is 1. The van der Waals surface area contributed by atoms with E-state index >= 15 is 0 Å². The van der Waals surface area contributed by atoms with Crippen LogP contribution in [0.4, 0.5) is 0 Å². The number of carboxylic acid groups (broad SMARTS) is 1. The van der Waals surface area contributed by atoms with E-state index < -0.39 is 11.2 Å². The summed E-state index contributed by atoms with van der Waals surface area (Å²) in [6, 6.07) is 19.7. The van der Waals surface area contributed by atoms with Crippen molar-refractivity contribution in [2.45, 2.75) is 17.3 Å². The molecule has 4 nitrogen and oxygen atoms in total. The lowest BCUT2D eigenvalue weighted by atomic mass is 10.1. The molecule has 1 heterocycles. The van der Waals surface area contributed by atoms with Crippen LogP contribution in [-0.4, -0.2) is 21.2 Å². The first-order chi connectivity index (χ1) is 11.1. The van der Waals surface area contributed by atoms with Gasteiger partial charge in [0.1, 0.15) is 0 Å². The Morgan fingerprint density at radius 2 is 1.61 bits per heavy atom. The second-order valence-electron chi connectivity index (χ2n) is 5.08. The van der Waals surface area contributed by atoms with Gasteiger partial charge in [-0.15, -0.1) is 0 Å². The number of nitrogens with zero attached hydrogens (tertiary/aromatic N) is 1. The van der Waals surface area contributed by atoms with Gasteiger partial charge in [0.2, 0.25) is 0 Å². The molecule has 1 aromatic heterocycles. The Labute approximate surface area is 138 Å². The van der Waals surface area contributed by atoms with Crippen LogP contribution in [0.2, 0.25) is 0 Å². The minimum Gasteiger partial charge on any atom is -0.549 e. The van der Waals surface area contributed by atoms with Gasteiger partial charge in [0.05, 0.1) is 17.4 Å². The minimum atomic E-state index is -1.10. The zero-order chi connectivity index (χ0) is 16.2. The quantitative estimate of drug-likeness (QED) is 0.733. The fourth-order valence-electron chi connectivity index (χ4n) is 2.24. The highest BCUT2D eigenvalue weighted by Crippen LogP contribution is 2.33. The Morgan fingerprint density at radius 1 is 1.04 bits per heavy atom. The highest BCUT2D eigenvalue weighted by molar-refractivity contribution is 8.00. The maximum Gasteiger partial charge on any atom is 0.167 e. The molecule has 0 saturated carbocycles. The van der Waals surface area contributed by atoms with E-state index in [9.17, 15) is 9.90 Å². The second kappa shape index (κ2) is 6.71. The normalized spacial score (nSPS) is 12.0. The number of rotatable bonds is 5. The molecule has 1 N–H and O–H groups in total. The zero-order valence-electron chi connectivity index (χ0n) is 12.5. The van der Waals surface area contributed by atoms with Crippen molar-refractivity contribution in [1.29, 1.82) is 0 Å². The SMILES string of the molecule is C[C@H](Sc1nc(-c2ccccc2)c(-c2ccccc2)[nH]1)C(=O)[O-]. The van der Waals surface area contributed by atoms with Crippen molar-refractivity contribution in [1.82, 2.24) is 9.97 Å². The number of carbonyl (C=O) groups excluding carboxylic acids is 1. The standard InChI is InChI=1S/C18H16N2O2S/c1-12(17(21)22)23-18-19-15(13-8-4-2-5-9-13)16(20-18)14-10-6-3-7-11-14/h2-12H,1H3,(H,19,20)(H,21,22)/p-1/t12-/m0/s1. The van der Waals surface area contributed by atoms with E-state index in [1.54, 1.807) is 6.92 Å². The molecule has 0 fully saturated rings. The summed E-state index contributed by atoms with van der Waals surface area (Å²) in [6.07, 6.45) is 0. The molecule has 0 aliphatic rings. The van der Waals surface area contributed by atoms with E-state index in [2.05, 4.69) is 9.97 Å². The summed E-state index contributed by atoms with van der Waals surface area (Å²) < 4.78 is 0. The van der Waals surface area contributed by atoms with Gasteiger partial charge in [-0.25, -0.2) is 4.98 Å². The second-order valence-corrected chi connectivity index (χ2v) is 6.41. The molecule has 0 spiro atoms. The Hall–Kier alpha value is -2.53. The number of hydrogen-bond acceptors (Lipinski definition) is 4. The highest BCUT2D eigenvalue weighted by Gasteiger charge is 2.16. The van der Waals surface area contributed by atoms with Gasteiger partial charge in [-0.3, -0.25) is 0 Å². The first-order valence-corrected chi connectivity index (χ1v) is 8.11. The first-order valence-electron chi connectivity index (χ1n) is 7.23. The first kappa shape index (κ1) is 15.4. The number of imidazole rings is 1. The molecule has 0 radical (unpaired) electrons. The molecule has 3 aromatic rings. The van der Waals surface area contributed by atoms with E-state index in [1.165, 1.54) is 0 Å². The molecule has 1 atom stereocenters. The van der Waals surface area contributed by atoms with Crippen LogP contribution in [0.15, 0.2) is 65.8 Å². The number of aromatic amines is 1. The fourth-order valence-corrected chi connectivity index (χ4v) is 2.98. The fraction of sp³-hybridized carbons (Fsp3) is 0.111. The van der Waals surface area contributed by atoms with E-state index in [0.717, 1.165) is 34.3 Å². The van der Waals surface area contributed by atoms with Gasteiger partial charge in [0.25, 0.3) is 0 Å². The molecule has 0 saturated heterocycles. The number of nitrogens with one attached hydrogen (secondary N) is 1. The van der Waals surface area contributed by atoms with Crippen LogP contribution in [0, 0.1) is 0 Å². The summed E-state index contributed by atoms with van der Waals surface area (Å²) in [5, 5.41) is 10.9. The van der Waals surface area contributed by atoms with E-state index in [-0.39, 0.29) is 0 Å². The largest absolute Gasteiger partial charge is 0.549 e. The zero-order valence-corrected chi connectivity index (χ0v) is 13.3. The summed E-state index contributed by atoms with van der Waals surface area (Å²) in [7, 11) is 0. The van der Waals surface area contributed by atoms with Crippen molar-refractivity contribution in [3.8, 4) is 22.5 Å². The lowest BCUT2D eigenvalue weighted by Gasteiger charge is -2.08. The van der Waals surface area contributed by atoms with Crippen LogP contribution >= 0.6 is 11.8 Å². The van der Waals surface area contributed by atoms with Gasteiger partial charge in [-0.05, 0) is 6.92 Å². The van der Waals surface area contributed by atoms with Gasteiger partial charge in [-0.2, -0.15) is 0 Å². The van der Waals surface area contributed by atoms with Crippen molar-refractivity contribution < 1.29 is 9.90 Å². The van der Waals surface area contributed by atoms with E-state index in [4.69, 9.17) is 0 Å². The van der Waals surface area contributed by atoms with Gasteiger partial charge >= 0.3 is 0 Å². The third kappa shape index (κ3) is 3.46. The molecule has 0 unspecified atom stereocenters. The minimum absolute atomic E-state index is 0.569. The highest BCUT2D eigenvalue weighted by atomic mass is 32.2. The van der Waals surface area contributed by atoms with Gasteiger partial charge in [0, 0.05) is 16.4 Å². The smallest absolute Gasteiger partial charge is 0.167 e. The third-order valence-electron chi connectivity index (χ3n) is 3.41. The van der Waals surface area contributed by atoms with Crippen LogP contribution in [0.25, 0.3) is 22.5 Å². The predicted octanol–water partition coefficient (Wildman–Crippen LogP) is 2.97. The molecule has 3 rings (SSSR count). The molecular weight excluding hydrogens is 308 g/mol. The van der Waals surface area contributed by atoms with Crippen molar-refractivity contribution >= 4 is 17.7 Å². The average Bonchev–Trinajstić information content (AvgIpc) is 3.00. The molecule has 2 aromatic carbocycles. The van der Waals surface area contributed by atoms with Gasteiger partial charge in [0.15, 0.2) is 5.16 Å². The maximum absolute atomic E-state index is 11.0. The lowest BCUT2D eigenvalue weighted by molar-refractivity contribution is -0.304. The van der Waals surface area contributed by atoms with E-state index in [0.29, 0.717) is 5.16 Å². The lowest BCUT2D eigenvalue weighted by Crippen LogP contribution is -2.31. The number of aromatic nitrogens is 2. The number of thioether (sulfide) groups is 1. The molecular formula is C18H15N2O2S-. The Morgan fingerprint density at radius 3 is 2.17 bits per heavy atom. The molecule has 0 aliphatic carbocycles. The molecule has 23 heavy (non-hydrogen) atoms. The summed E-state index contributed by atoms with van der Waals surface area (Å²) in [6.45, 7) is 1.59. The molecule has 0 amide bonds. The van der Waals surface area contributed by atoms with Crippen molar-refractivity contribution in [2.24, 2.45) is 0 Å². The average molecular weight is 323 g/mol. The Bertz CT molecular complexity index is 743. The topological polar surface area (TPSA) is 68.8 Å². The van der Waals surface area contributed by atoms with Crippen LogP contribution < -0.4 is 5.11 Å². The summed E-state index contributed by atoms with van der Waals surface area (Å²) >= 11 is 1.15. The van der Waals surface area contributed by atoms with Crippen molar-refractivity contribution in [3.05, 3.63) is 60.7 Å². The number of carboxylic acids is 1. The summed E-state index contributed by atoms with van der Waals surface area (Å²) in [5.74, 6) is -1.10. The third-order valence-corrected chi connectivity index (χ3v) is 4.37. The number of H-pyrrole nitrogens is 1. The van der Waals surface area contributed by atoms with E-state index in [1.807, 2.05) is 60.7 Å². The van der Waals surface area contributed by atoms with Crippen molar-refractivity contribution in [3.63, 3.8) is 0 Å².